The van der Waals surface area contributed by atoms with Crippen LogP contribution in [0, 0.1) is 0 Å². The van der Waals surface area contributed by atoms with Gasteiger partial charge in [0.15, 0.2) is 0 Å². The zero-order chi connectivity index (χ0) is 13.0. The van der Waals surface area contributed by atoms with Gasteiger partial charge in [-0.25, -0.2) is 0 Å². The fourth-order valence-corrected chi connectivity index (χ4v) is 2.86. The number of likely N-dealkylation sites (N-methyl/N-ethyl adjacent to an activating group) is 1. The predicted octanol–water partition coefficient (Wildman–Crippen LogP) is 3.64. The maximum absolute atomic E-state index is 10.2. The van der Waals surface area contributed by atoms with Crippen molar-refractivity contribution >= 4 is 11.6 Å². The van der Waals surface area contributed by atoms with Crippen molar-refractivity contribution in [3.8, 4) is 0 Å². The zero-order valence-corrected chi connectivity index (χ0v) is 11.7. The van der Waals surface area contributed by atoms with Crippen LogP contribution in [-0.4, -0.2) is 29.6 Å². The van der Waals surface area contributed by atoms with Gasteiger partial charge in [0.1, 0.15) is 0 Å². The quantitative estimate of drug-likeness (QED) is 0.900. The number of benzene rings is 1. The standard InChI is InChI=1S/C15H22ClNO/c1-17(14-5-3-2-4-6-14)11-15(18)12-7-9-13(16)10-8-12/h7-10,14-15,18H,2-6,11H2,1H3. The van der Waals surface area contributed by atoms with Crippen molar-refractivity contribution in [1.82, 2.24) is 4.90 Å². The van der Waals surface area contributed by atoms with Crippen molar-refractivity contribution in [3.63, 3.8) is 0 Å². The molecule has 2 rings (SSSR count). The average molecular weight is 268 g/mol. The van der Waals surface area contributed by atoms with E-state index in [-0.39, 0.29) is 0 Å². The van der Waals surface area contributed by atoms with Crippen LogP contribution < -0.4 is 0 Å². The van der Waals surface area contributed by atoms with Gasteiger partial charge in [-0.3, -0.25) is 0 Å². The maximum Gasteiger partial charge on any atom is 0.0916 e. The van der Waals surface area contributed by atoms with Crippen molar-refractivity contribution in [1.29, 1.82) is 0 Å². The summed E-state index contributed by atoms with van der Waals surface area (Å²) in [5.41, 5.74) is 0.946. The Hall–Kier alpha value is -0.570. The minimum absolute atomic E-state index is 0.422. The monoisotopic (exact) mass is 267 g/mol. The number of rotatable bonds is 4. The van der Waals surface area contributed by atoms with E-state index in [1.54, 1.807) is 0 Å². The molecular formula is C15H22ClNO. The van der Waals surface area contributed by atoms with E-state index in [0.29, 0.717) is 17.6 Å². The lowest BCUT2D eigenvalue weighted by Gasteiger charge is -2.32. The van der Waals surface area contributed by atoms with Gasteiger partial charge in [-0.1, -0.05) is 43.0 Å². The van der Waals surface area contributed by atoms with E-state index >= 15 is 0 Å². The summed E-state index contributed by atoms with van der Waals surface area (Å²) < 4.78 is 0. The summed E-state index contributed by atoms with van der Waals surface area (Å²) in [5, 5.41) is 10.9. The number of aliphatic hydroxyl groups is 1. The van der Waals surface area contributed by atoms with Crippen LogP contribution in [0.2, 0.25) is 5.02 Å². The molecule has 1 fully saturated rings. The summed E-state index contributed by atoms with van der Waals surface area (Å²) in [6.45, 7) is 0.701. The van der Waals surface area contributed by atoms with Crippen LogP contribution in [-0.2, 0) is 0 Å². The molecular weight excluding hydrogens is 246 g/mol. The molecule has 1 aliphatic rings. The molecule has 2 nitrogen and oxygen atoms in total. The van der Waals surface area contributed by atoms with E-state index in [0.717, 1.165) is 5.56 Å². The van der Waals surface area contributed by atoms with Gasteiger partial charge >= 0.3 is 0 Å². The van der Waals surface area contributed by atoms with Crippen LogP contribution in [0.3, 0.4) is 0 Å². The van der Waals surface area contributed by atoms with E-state index in [4.69, 9.17) is 11.6 Å². The van der Waals surface area contributed by atoms with Crippen LogP contribution in [0.25, 0.3) is 0 Å². The van der Waals surface area contributed by atoms with Crippen LogP contribution in [0.15, 0.2) is 24.3 Å². The van der Waals surface area contributed by atoms with E-state index in [1.807, 2.05) is 24.3 Å². The Balaban J connectivity index is 1.89. The van der Waals surface area contributed by atoms with E-state index in [2.05, 4.69) is 11.9 Å². The molecule has 1 aromatic carbocycles. The third kappa shape index (κ3) is 3.71. The fourth-order valence-electron chi connectivity index (χ4n) is 2.73. The zero-order valence-electron chi connectivity index (χ0n) is 11.0. The second-order valence-electron chi connectivity index (χ2n) is 5.30. The highest BCUT2D eigenvalue weighted by Gasteiger charge is 2.20. The smallest absolute Gasteiger partial charge is 0.0916 e. The Morgan fingerprint density at radius 1 is 1.22 bits per heavy atom. The summed E-state index contributed by atoms with van der Waals surface area (Å²) in [4.78, 5) is 2.30. The lowest BCUT2D eigenvalue weighted by atomic mass is 9.94. The first kappa shape index (κ1) is 13.9. The van der Waals surface area contributed by atoms with Gasteiger partial charge in [0.25, 0.3) is 0 Å². The van der Waals surface area contributed by atoms with Gasteiger partial charge < -0.3 is 10.0 Å². The molecule has 0 radical (unpaired) electrons. The average Bonchev–Trinajstić information content (AvgIpc) is 2.40. The van der Waals surface area contributed by atoms with Crippen molar-refractivity contribution in [3.05, 3.63) is 34.9 Å². The van der Waals surface area contributed by atoms with Crippen LogP contribution >= 0.6 is 11.6 Å². The minimum Gasteiger partial charge on any atom is -0.387 e. The molecule has 1 aromatic rings. The van der Waals surface area contributed by atoms with Gasteiger partial charge in [0.05, 0.1) is 6.10 Å². The fraction of sp³-hybridized carbons (Fsp3) is 0.600. The Bertz CT molecular complexity index is 359. The number of aliphatic hydroxyl groups excluding tert-OH is 1. The third-order valence-electron chi connectivity index (χ3n) is 3.91. The van der Waals surface area contributed by atoms with E-state index in [9.17, 15) is 5.11 Å². The largest absolute Gasteiger partial charge is 0.387 e. The van der Waals surface area contributed by atoms with Crippen molar-refractivity contribution in [2.24, 2.45) is 0 Å². The molecule has 0 heterocycles. The second-order valence-corrected chi connectivity index (χ2v) is 5.74. The van der Waals surface area contributed by atoms with Gasteiger partial charge in [0.2, 0.25) is 0 Å². The Labute approximate surface area is 115 Å². The molecule has 1 aliphatic carbocycles. The molecule has 1 N–H and O–H groups in total. The van der Waals surface area contributed by atoms with Crippen molar-refractivity contribution in [2.75, 3.05) is 13.6 Å². The first-order chi connectivity index (χ1) is 8.66. The molecule has 1 unspecified atom stereocenters. The number of halogens is 1. The van der Waals surface area contributed by atoms with Crippen LogP contribution in [0.1, 0.15) is 43.8 Å². The van der Waals surface area contributed by atoms with Gasteiger partial charge in [-0.05, 0) is 37.6 Å². The molecule has 100 valence electrons. The first-order valence-corrected chi connectivity index (χ1v) is 7.18. The minimum atomic E-state index is -0.422. The molecule has 0 amide bonds. The molecule has 1 atom stereocenters. The first-order valence-electron chi connectivity index (χ1n) is 6.80. The lowest BCUT2D eigenvalue weighted by molar-refractivity contribution is 0.0914. The Morgan fingerprint density at radius 3 is 2.44 bits per heavy atom. The SMILES string of the molecule is CN(CC(O)c1ccc(Cl)cc1)C1CCCCC1. The topological polar surface area (TPSA) is 23.5 Å². The highest BCUT2D eigenvalue weighted by molar-refractivity contribution is 6.30. The van der Waals surface area contributed by atoms with Crippen molar-refractivity contribution in [2.45, 2.75) is 44.2 Å². The van der Waals surface area contributed by atoms with E-state index < -0.39 is 6.10 Å². The normalized spacial score (nSPS) is 19.1. The highest BCUT2D eigenvalue weighted by Crippen LogP contribution is 2.24. The maximum atomic E-state index is 10.2. The second kappa shape index (κ2) is 6.55. The summed E-state index contributed by atoms with van der Waals surface area (Å²) >= 11 is 5.85. The molecule has 1 saturated carbocycles. The summed E-state index contributed by atoms with van der Waals surface area (Å²) in [6.07, 6.45) is 6.13. The Kier molecular flexibility index (Phi) is 5.04. The summed E-state index contributed by atoms with van der Waals surface area (Å²) in [6, 6.07) is 8.12. The van der Waals surface area contributed by atoms with Crippen LogP contribution in [0.5, 0.6) is 0 Å². The molecule has 3 heteroatoms. The van der Waals surface area contributed by atoms with Crippen molar-refractivity contribution < 1.29 is 5.11 Å². The molecule has 0 saturated heterocycles. The molecule has 0 aromatic heterocycles. The number of hydrogen-bond donors (Lipinski definition) is 1. The highest BCUT2D eigenvalue weighted by atomic mass is 35.5. The summed E-state index contributed by atoms with van der Waals surface area (Å²) in [7, 11) is 2.12. The summed E-state index contributed by atoms with van der Waals surface area (Å²) in [5.74, 6) is 0. The number of nitrogens with zero attached hydrogens (tertiary/aromatic N) is 1. The van der Waals surface area contributed by atoms with Gasteiger partial charge in [0, 0.05) is 17.6 Å². The number of hydrogen-bond acceptors (Lipinski definition) is 2. The lowest BCUT2D eigenvalue weighted by Crippen LogP contribution is -2.36. The molecule has 18 heavy (non-hydrogen) atoms. The molecule has 0 aliphatic heterocycles. The van der Waals surface area contributed by atoms with E-state index in [1.165, 1.54) is 32.1 Å². The predicted molar refractivity (Wildman–Crippen MR) is 75.9 cm³/mol. The third-order valence-corrected chi connectivity index (χ3v) is 4.17. The Morgan fingerprint density at radius 2 is 1.83 bits per heavy atom. The molecule has 0 spiro atoms. The van der Waals surface area contributed by atoms with Gasteiger partial charge in [-0.15, -0.1) is 0 Å². The van der Waals surface area contributed by atoms with Gasteiger partial charge in [-0.2, -0.15) is 0 Å². The molecule has 0 bridgehead atoms. The van der Waals surface area contributed by atoms with Crippen LogP contribution in [0.4, 0.5) is 0 Å².